The Morgan fingerprint density at radius 2 is 0.795 bits per heavy atom. The van der Waals surface area contributed by atoms with E-state index in [9.17, 15) is 21.6 Å². The highest BCUT2D eigenvalue weighted by atomic mass is 79.9. The normalized spacial score (nSPS) is 14.2. The monoisotopic (exact) mass is 1520 g/mol. The molecular weight excluding hydrogens is 1470 g/mol. The lowest BCUT2D eigenvalue weighted by atomic mass is 10.4. The molecule has 3 fully saturated rings. The zero-order valence-corrected chi connectivity index (χ0v) is 58.6. The van der Waals surface area contributed by atoms with Crippen molar-refractivity contribution in [1.82, 2.24) is 0 Å². The first-order valence-corrected chi connectivity index (χ1v) is 37.6. The second kappa shape index (κ2) is 35.5. The van der Waals surface area contributed by atoms with Crippen molar-refractivity contribution in [3.05, 3.63) is 214 Å². The highest BCUT2D eigenvalue weighted by Gasteiger charge is 2.28. The third-order valence-corrected chi connectivity index (χ3v) is 26.0. The average Bonchev–Trinajstić information content (AvgIpc) is 1.84. The lowest BCUT2D eigenvalue weighted by molar-refractivity contribution is -0.0416. The van der Waals surface area contributed by atoms with Gasteiger partial charge in [-0.1, -0.05) is 137 Å². The molecule has 0 amide bonds. The lowest BCUT2D eigenvalue weighted by Gasteiger charge is -2.05. The van der Waals surface area contributed by atoms with Crippen molar-refractivity contribution in [2.75, 3.05) is 39.6 Å². The molecule has 0 unspecified atom stereocenters. The van der Waals surface area contributed by atoms with Crippen molar-refractivity contribution in [3.8, 4) is 0 Å². The molecular formula is C62H60BrCl5O11S9. The molecule has 9 aromatic rings. The average molecular weight is 1530 g/mol. The Kier molecular flexibility index (Phi) is 29.9. The summed E-state index contributed by atoms with van der Waals surface area (Å²) in [6.07, 6.45) is -0.122. The zero-order valence-electron chi connectivity index (χ0n) is 45.8. The molecule has 0 N–H and O–H groups in total. The summed E-state index contributed by atoms with van der Waals surface area (Å²) in [6.45, 7) is 11.5. The Morgan fingerprint density at radius 3 is 1.19 bits per heavy atom. The van der Waals surface area contributed by atoms with Gasteiger partial charge in [-0.15, -0.1) is 45.3 Å². The van der Waals surface area contributed by atoms with Crippen LogP contribution in [-0.2, 0) is 48.1 Å². The third kappa shape index (κ3) is 21.1. The summed E-state index contributed by atoms with van der Waals surface area (Å²) in [5.41, 5.74) is 0. The Bertz CT molecular complexity index is 3900. The van der Waals surface area contributed by atoms with Crippen LogP contribution in [0.5, 0.6) is 0 Å². The first-order valence-electron chi connectivity index (χ1n) is 25.7. The molecule has 0 radical (unpaired) electrons. The summed E-state index contributed by atoms with van der Waals surface area (Å²) in [5, 5.41) is 3.04. The van der Waals surface area contributed by atoms with Crippen LogP contribution >= 0.6 is 153 Å². The van der Waals surface area contributed by atoms with Gasteiger partial charge in [0.25, 0.3) is 0 Å². The highest BCUT2D eigenvalue weighted by Crippen LogP contribution is 2.42. The predicted molar refractivity (Wildman–Crippen MR) is 371 cm³/mol. The van der Waals surface area contributed by atoms with Crippen molar-refractivity contribution in [1.29, 1.82) is 0 Å². The summed E-state index contributed by atoms with van der Waals surface area (Å²) >= 11 is 40.7. The fraction of sp³-hybridized carbons (Fsp3) is 0.242. The van der Waals surface area contributed by atoms with Crippen molar-refractivity contribution < 1.29 is 50.1 Å². The molecule has 0 saturated carbocycles. The number of benzene rings is 5. The van der Waals surface area contributed by atoms with Crippen LogP contribution in [0.1, 0.15) is 77.5 Å². The van der Waals surface area contributed by atoms with Gasteiger partial charge in [-0.2, -0.15) is 0 Å². The van der Waals surface area contributed by atoms with Gasteiger partial charge in [-0.25, -0.2) is 16.8 Å². The molecule has 12 rings (SSSR count). The van der Waals surface area contributed by atoms with Crippen LogP contribution in [0.4, 0.5) is 0 Å². The second-order valence-corrected chi connectivity index (χ2v) is 33.6. The molecule has 11 nitrogen and oxygen atoms in total. The first-order chi connectivity index (χ1) is 41.2. The Labute approximate surface area is 577 Å². The van der Waals surface area contributed by atoms with Crippen LogP contribution in [0.3, 0.4) is 0 Å². The van der Waals surface area contributed by atoms with Gasteiger partial charge in [0.2, 0.25) is 19.7 Å². The largest absolute Gasteiger partial charge is 0.345 e. The van der Waals surface area contributed by atoms with Gasteiger partial charge in [0, 0.05) is 68.7 Å². The number of sulfone groups is 2. The Balaban J connectivity index is 0.000000176. The van der Waals surface area contributed by atoms with E-state index >= 15 is 0 Å². The molecule has 4 aromatic heterocycles. The lowest BCUT2D eigenvalue weighted by Crippen LogP contribution is -2.02. The molecule has 0 atom stereocenters. The van der Waals surface area contributed by atoms with Crippen LogP contribution in [0.15, 0.2) is 189 Å². The van der Waals surface area contributed by atoms with E-state index in [1.165, 1.54) is 50.3 Å². The molecule has 0 spiro atoms. The Morgan fingerprint density at radius 1 is 0.443 bits per heavy atom. The van der Waals surface area contributed by atoms with Crippen molar-refractivity contribution in [3.63, 3.8) is 0 Å². The van der Waals surface area contributed by atoms with E-state index in [1.54, 1.807) is 106 Å². The van der Waals surface area contributed by atoms with E-state index in [-0.39, 0.29) is 47.0 Å². The Hall–Kier alpha value is -2.79. The summed E-state index contributed by atoms with van der Waals surface area (Å²) in [5.74, 6) is 0. The van der Waals surface area contributed by atoms with Gasteiger partial charge in [0.05, 0.1) is 78.7 Å². The van der Waals surface area contributed by atoms with E-state index in [2.05, 4.69) is 48.0 Å². The molecule has 26 heteroatoms. The number of ether oxygens (including phenoxy) is 6. The molecule has 470 valence electrons. The fourth-order valence-corrected chi connectivity index (χ4v) is 20.5. The number of hydrogen-bond donors (Lipinski definition) is 0. The maximum atomic E-state index is 12.7. The zero-order chi connectivity index (χ0) is 61.5. The predicted octanol–water partition coefficient (Wildman–Crippen LogP) is 21.8. The molecule has 0 bridgehead atoms. The van der Waals surface area contributed by atoms with Crippen molar-refractivity contribution in [2.24, 2.45) is 0 Å². The smallest absolute Gasteiger partial charge is 0.207 e. The van der Waals surface area contributed by atoms with Crippen LogP contribution < -0.4 is 0 Å². The second-order valence-electron chi connectivity index (χ2n) is 18.2. The van der Waals surface area contributed by atoms with Crippen molar-refractivity contribution in [2.45, 2.75) is 101 Å². The standard InChI is InChI=1S/C14H13ClO4S2.C14H13ClO2S2.C12H8Cl2S2.C12H9ClO3S2.C8H9BrO2S.2CH4/c1-9-13(8-12(20-9)14-18-5-6-19-14)21(16,17)11-4-2-3-10(15)7-11;1-9-12(19-11-4-2-3-10(15)7-11)8-13(18-9)14-16-5-6-17-14;13-9-3-1-5-11(7-9)15-16-12-6-2-4-10(14)8-12;1-8-12(6-10(7-14)17-8)18(15,16)11-4-2-3-9(13)5-11;1-5-6(9)4-7(12-5)8-10-2-3-11-8;;/h2-4,7-8,14H,5-6H2,1H3;2-4,7-8,14H,5-6H2,1H3;1-8H;2-7H,1H3;4,8H,2-3H2,1H3;2*1H4. The van der Waals surface area contributed by atoms with E-state index in [4.69, 9.17) is 86.4 Å². The number of thiophene rings is 4. The van der Waals surface area contributed by atoms with Crippen LogP contribution in [-0.4, -0.2) is 62.8 Å². The minimum absolute atomic E-state index is 0. The summed E-state index contributed by atoms with van der Waals surface area (Å²) < 4.78 is 83.9. The summed E-state index contributed by atoms with van der Waals surface area (Å²) in [7, 11) is -3.86. The van der Waals surface area contributed by atoms with Crippen LogP contribution in [0.25, 0.3) is 0 Å². The molecule has 88 heavy (non-hydrogen) atoms. The van der Waals surface area contributed by atoms with E-state index in [1.807, 2.05) is 66.7 Å². The van der Waals surface area contributed by atoms with Gasteiger partial charge in [-0.3, -0.25) is 4.79 Å². The third-order valence-electron chi connectivity index (χ3n) is 11.9. The van der Waals surface area contributed by atoms with E-state index in [0.29, 0.717) is 70.6 Å². The maximum Gasteiger partial charge on any atom is 0.207 e. The number of hydrogen-bond acceptors (Lipinski definition) is 18. The minimum atomic E-state index is -3.61. The van der Waals surface area contributed by atoms with Crippen LogP contribution in [0.2, 0.25) is 25.1 Å². The molecule has 7 heterocycles. The molecule has 3 saturated heterocycles. The van der Waals surface area contributed by atoms with Crippen molar-refractivity contribution >= 4 is 179 Å². The number of halogens is 6. The SMILES string of the molecule is C.C.Cc1sc(C2OCCO2)cc1Br.Cc1sc(C2OCCO2)cc1S(=O)(=O)c1cccc(Cl)c1.Cc1sc(C2OCCO2)cc1Sc1cccc(Cl)c1.Cc1sc(C=O)cc1S(=O)(=O)c1cccc(Cl)c1.Clc1cccc(SSc2cccc(Cl)c2)c1. The fourth-order valence-electron chi connectivity index (χ4n) is 7.87. The highest BCUT2D eigenvalue weighted by molar-refractivity contribution is 9.10. The van der Waals surface area contributed by atoms with Gasteiger partial charge in [-0.05, 0) is 159 Å². The number of rotatable bonds is 13. The number of aryl methyl sites for hydroxylation is 4. The van der Waals surface area contributed by atoms with E-state index in [0.717, 1.165) is 60.2 Å². The van der Waals surface area contributed by atoms with E-state index < -0.39 is 26.0 Å². The first kappa shape index (κ1) is 74.3. The quantitative estimate of drug-likeness (QED) is 0.0798. The molecule has 3 aliphatic heterocycles. The minimum Gasteiger partial charge on any atom is -0.345 e. The van der Waals surface area contributed by atoms with Gasteiger partial charge >= 0.3 is 0 Å². The van der Waals surface area contributed by atoms with Gasteiger partial charge in [0.15, 0.2) is 25.2 Å². The molecule has 3 aliphatic rings. The van der Waals surface area contributed by atoms with Gasteiger partial charge < -0.3 is 28.4 Å². The van der Waals surface area contributed by atoms with Crippen LogP contribution in [0, 0.1) is 27.7 Å². The van der Waals surface area contributed by atoms with Gasteiger partial charge in [0.1, 0.15) is 0 Å². The topological polar surface area (TPSA) is 141 Å². The number of carbonyl (C=O) groups excluding carboxylic acids is 1. The number of aldehydes is 1. The maximum absolute atomic E-state index is 12.7. The summed E-state index contributed by atoms with van der Waals surface area (Å²) in [4.78, 5) is 23.4. The molecule has 0 aliphatic carbocycles. The summed E-state index contributed by atoms with van der Waals surface area (Å²) in [6, 6.07) is 43.1. The molecule has 5 aromatic carbocycles. The number of carbonyl (C=O) groups is 1.